The summed E-state index contributed by atoms with van der Waals surface area (Å²) in [6, 6.07) is 5.44. The molecule has 0 radical (unpaired) electrons. The van der Waals surface area contributed by atoms with Gasteiger partial charge in [-0.15, -0.1) is 0 Å². The molecule has 0 aromatic heterocycles. The third kappa shape index (κ3) is 3.91. The van der Waals surface area contributed by atoms with Crippen LogP contribution in [0.2, 0.25) is 5.02 Å². The van der Waals surface area contributed by atoms with E-state index in [-0.39, 0.29) is 18.4 Å². The summed E-state index contributed by atoms with van der Waals surface area (Å²) in [7, 11) is 1.83. The molecule has 0 aliphatic carbocycles. The van der Waals surface area contributed by atoms with Crippen LogP contribution in [-0.2, 0) is 11.3 Å². The molecule has 0 spiro atoms. The topological polar surface area (TPSA) is 64.3 Å². The fourth-order valence-electron chi connectivity index (χ4n) is 1.32. The summed E-state index contributed by atoms with van der Waals surface area (Å²) >= 11 is 6.07. The van der Waals surface area contributed by atoms with Crippen LogP contribution in [0.3, 0.4) is 0 Å². The van der Waals surface area contributed by atoms with Crippen LogP contribution in [0, 0.1) is 5.92 Å². The molecule has 1 aromatic rings. The number of rotatable bonds is 6. The molecule has 17 heavy (non-hydrogen) atoms. The van der Waals surface area contributed by atoms with E-state index >= 15 is 0 Å². The fourth-order valence-corrected chi connectivity index (χ4v) is 1.55. The lowest BCUT2D eigenvalue weighted by molar-refractivity contribution is -0.122. The van der Waals surface area contributed by atoms with Crippen molar-refractivity contribution in [1.82, 2.24) is 5.32 Å². The summed E-state index contributed by atoms with van der Waals surface area (Å²) in [5, 5.41) is 3.66. The highest BCUT2D eigenvalue weighted by molar-refractivity contribution is 6.31. The van der Waals surface area contributed by atoms with Gasteiger partial charge in [0.1, 0.15) is 5.75 Å². The molecule has 5 heteroatoms. The number of amides is 1. The molecule has 1 atom stereocenters. The molecule has 0 heterocycles. The van der Waals surface area contributed by atoms with Crippen molar-refractivity contribution in [2.45, 2.75) is 13.5 Å². The van der Waals surface area contributed by atoms with E-state index < -0.39 is 0 Å². The molecule has 0 bridgehead atoms. The van der Waals surface area contributed by atoms with Crippen molar-refractivity contribution in [2.24, 2.45) is 11.7 Å². The molecule has 0 saturated heterocycles. The monoisotopic (exact) mass is 256 g/mol. The number of nitrogens with two attached hydrogens (primary N) is 1. The lowest BCUT2D eigenvalue weighted by Gasteiger charge is -2.14. The average molecular weight is 257 g/mol. The quantitative estimate of drug-likeness (QED) is 0.812. The third-order valence-corrected chi connectivity index (χ3v) is 2.76. The summed E-state index contributed by atoms with van der Waals surface area (Å²) in [5.74, 6) is -0.0152. The summed E-state index contributed by atoms with van der Waals surface area (Å²) in [6.07, 6.45) is 0. The highest BCUT2D eigenvalue weighted by Crippen LogP contribution is 2.26. The number of hydrogen-bond donors (Lipinski definition) is 2. The Balaban J connectivity index is 2.76. The molecule has 0 fully saturated rings. The maximum atomic E-state index is 10.9. The maximum Gasteiger partial charge on any atom is 0.223 e. The highest BCUT2D eigenvalue weighted by atomic mass is 35.5. The van der Waals surface area contributed by atoms with E-state index in [9.17, 15) is 4.79 Å². The Morgan fingerprint density at radius 3 is 2.88 bits per heavy atom. The second-order valence-corrected chi connectivity index (χ2v) is 4.27. The second kappa shape index (κ2) is 6.47. The number of carbonyl (C=O) groups is 1. The normalized spacial score (nSPS) is 12.2. The fraction of sp³-hybridized carbons (Fsp3) is 0.417. The van der Waals surface area contributed by atoms with Gasteiger partial charge >= 0.3 is 0 Å². The van der Waals surface area contributed by atoms with E-state index in [4.69, 9.17) is 22.1 Å². The molecule has 1 rings (SSSR count). The summed E-state index contributed by atoms with van der Waals surface area (Å²) in [5.41, 5.74) is 6.05. The summed E-state index contributed by atoms with van der Waals surface area (Å²) < 4.78 is 5.57. The first-order valence-corrected chi connectivity index (χ1v) is 5.78. The van der Waals surface area contributed by atoms with Crippen LogP contribution < -0.4 is 15.8 Å². The van der Waals surface area contributed by atoms with Gasteiger partial charge in [0.25, 0.3) is 0 Å². The Labute approximate surface area is 106 Å². The van der Waals surface area contributed by atoms with Crippen molar-refractivity contribution >= 4 is 17.5 Å². The lowest BCUT2D eigenvalue weighted by Crippen LogP contribution is -2.26. The van der Waals surface area contributed by atoms with Crippen LogP contribution >= 0.6 is 11.6 Å². The van der Waals surface area contributed by atoms with Gasteiger partial charge in [-0.1, -0.05) is 24.6 Å². The van der Waals surface area contributed by atoms with Gasteiger partial charge < -0.3 is 15.8 Å². The maximum absolute atomic E-state index is 10.9. The molecule has 94 valence electrons. The zero-order valence-electron chi connectivity index (χ0n) is 10.00. The molecule has 0 aliphatic heterocycles. The minimum Gasteiger partial charge on any atom is -0.492 e. The number of hydrogen-bond acceptors (Lipinski definition) is 3. The molecular formula is C12H17ClN2O2. The van der Waals surface area contributed by atoms with E-state index in [2.05, 4.69) is 5.32 Å². The Morgan fingerprint density at radius 1 is 1.59 bits per heavy atom. The number of carbonyl (C=O) groups excluding carboxylic acids is 1. The molecule has 0 aliphatic rings. The predicted octanol–water partition coefficient (Wildman–Crippen LogP) is 1.56. The molecule has 4 nitrogen and oxygen atoms in total. The van der Waals surface area contributed by atoms with Crippen molar-refractivity contribution in [3.05, 3.63) is 28.8 Å². The predicted molar refractivity (Wildman–Crippen MR) is 68.1 cm³/mol. The second-order valence-electron chi connectivity index (χ2n) is 3.86. The minimum atomic E-state index is -0.373. The largest absolute Gasteiger partial charge is 0.492 e. The van der Waals surface area contributed by atoms with E-state index in [1.807, 2.05) is 19.2 Å². The molecular weight excluding hydrogens is 240 g/mol. The van der Waals surface area contributed by atoms with Gasteiger partial charge in [-0.25, -0.2) is 0 Å². The minimum absolute atomic E-state index is 0.256. The van der Waals surface area contributed by atoms with Crippen molar-refractivity contribution in [3.63, 3.8) is 0 Å². The SMILES string of the molecule is CNCc1c(Cl)cccc1OCC(C)C(N)=O. The molecule has 3 N–H and O–H groups in total. The number of ether oxygens (including phenoxy) is 1. The zero-order valence-corrected chi connectivity index (χ0v) is 10.8. The van der Waals surface area contributed by atoms with Crippen LogP contribution in [0.15, 0.2) is 18.2 Å². The van der Waals surface area contributed by atoms with Gasteiger partial charge in [0.15, 0.2) is 0 Å². The van der Waals surface area contributed by atoms with Crippen LogP contribution in [0.4, 0.5) is 0 Å². The molecule has 1 unspecified atom stereocenters. The van der Waals surface area contributed by atoms with Crippen molar-refractivity contribution in [2.75, 3.05) is 13.7 Å². The number of halogens is 1. The third-order valence-electron chi connectivity index (χ3n) is 2.40. The van der Waals surface area contributed by atoms with Gasteiger partial charge in [0, 0.05) is 17.1 Å². The van der Waals surface area contributed by atoms with Crippen LogP contribution in [0.1, 0.15) is 12.5 Å². The first kappa shape index (κ1) is 13.8. The van der Waals surface area contributed by atoms with Gasteiger partial charge in [-0.2, -0.15) is 0 Å². The first-order chi connectivity index (χ1) is 8.06. The zero-order chi connectivity index (χ0) is 12.8. The van der Waals surface area contributed by atoms with E-state index in [0.29, 0.717) is 17.3 Å². The van der Waals surface area contributed by atoms with Gasteiger partial charge in [-0.3, -0.25) is 4.79 Å². The summed E-state index contributed by atoms with van der Waals surface area (Å²) in [6.45, 7) is 2.59. The number of nitrogens with one attached hydrogen (secondary N) is 1. The van der Waals surface area contributed by atoms with E-state index in [1.54, 1.807) is 13.0 Å². The molecule has 1 amide bonds. The van der Waals surface area contributed by atoms with Crippen molar-refractivity contribution in [3.8, 4) is 5.75 Å². The van der Waals surface area contributed by atoms with Gasteiger partial charge in [0.05, 0.1) is 12.5 Å². The lowest BCUT2D eigenvalue weighted by atomic mass is 10.1. The van der Waals surface area contributed by atoms with Crippen LogP contribution in [0.5, 0.6) is 5.75 Å². The average Bonchev–Trinajstić information content (AvgIpc) is 2.29. The van der Waals surface area contributed by atoms with Crippen molar-refractivity contribution in [1.29, 1.82) is 0 Å². The standard InChI is InChI=1S/C12H17ClN2O2/c1-8(12(14)16)7-17-11-5-3-4-10(13)9(11)6-15-2/h3-5,8,15H,6-7H2,1-2H3,(H2,14,16). The van der Waals surface area contributed by atoms with Crippen LogP contribution in [-0.4, -0.2) is 19.6 Å². The highest BCUT2D eigenvalue weighted by Gasteiger charge is 2.12. The Bertz CT molecular complexity index is 396. The number of primary amides is 1. The molecule has 0 saturated carbocycles. The molecule has 1 aromatic carbocycles. The van der Waals surface area contributed by atoms with Crippen molar-refractivity contribution < 1.29 is 9.53 Å². The van der Waals surface area contributed by atoms with E-state index in [0.717, 1.165) is 5.56 Å². The van der Waals surface area contributed by atoms with Gasteiger partial charge in [0.2, 0.25) is 5.91 Å². The Morgan fingerprint density at radius 2 is 2.29 bits per heavy atom. The Kier molecular flexibility index (Phi) is 5.25. The van der Waals surface area contributed by atoms with Gasteiger partial charge in [-0.05, 0) is 19.2 Å². The first-order valence-electron chi connectivity index (χ1n) is 5.40. The Hall–Kier alpha value is -1.26. The summed E-state index contributed by atoms with van der Waals surface area (Å²) in [4.78, 5) is 10.9. The smallest absolute Gasteiger partial charge is 0.223 e. The van der Waals surface area contributed by atoms with E-state index in [1.165, 1.54) is 0 Å². The van der Waals surface area contributed by atoms with Crippen LogP contribution in [0.25, 0.3) is 0 Å². The number of benzene rings is 1.